The minimum atomic E-state index is -0.137. The fraction of sp³-hybridized carbons (Fsp3) is 0.500. The van der Waals surface area contributed by atoms with Gasteiger partial charge in [-0.05, 0) is 43.5 Å². The quantitative estimate of drug-likeness (QED) is 0.700. The Balaban J connectivity index is 0.00000210. The third kappa shape index (κ3) is 4.68. The molecule has 146 valence electrons. The zero-order chi connectivity index (χ0) is 17.9. The van der Waals surface area contributed by atoms with Gasteiger partial charge in [-0.15, -0.1) is 24.2 Å². The van der Waals surface area contributed by atoms with Gasteiger partial charge in [-0.25, -0.2) is 0 Å². The van der Waals surface area contributed by atoms with Gasteiger partial charge in [-0.2, -0.15) is 5.10 Å². The van der Waals surface area contributed by atoms with Crippen LogP contribution in [0.3, 0.4) is 0 Å². The van der Waals surface area contributed by atoms with E-state index in [1.54, 1.807) is 0 Å². The molecule has 0 bridgehead atoms. The topological polar surface area (TPSA) is 69.8 Å². The predicted octanol–water partition coefficient (Wildman–Crippen LogP) is 4.46. The minimum Gasteiger partial charge on any atom is -0.320 e. The average Bonchev–Trinajstić information content (AvgIpc) is 3.09. The lowest BCUT2D eigenvalue weighted by atomic mass is 10.0. The van der Waals surface area contributed by atoms with Gasteiger partial charge >= 0.3 is 0 Å². The molecular weight excluding hydrogens is 380 g/mol. The maximum atomic E-state index is 12.7. The molecule has 4 rings (SSSR count). The molecule has 7 heteroatoms. The Labute approximate surface area is 170 Å². The van der Waals surface area contributed by atoms with Gasteiger partial charge < -0.3 is 10.6 Å². The minimum absolute atomic E-state index is 0. The molecule has 0 saturated heterocycles. The van der Waals surface area contributed by atoms with Gasteiger partial charge in [0, 0.05) is 46.6 Å². The molecule has 0 atom stereocenters. The summed E-state index contributed by atoms with van der Waals surface area (Å²) in [7, 11) is 0. The highest BCUT2D eigenvalue weighted by molar-refractivity contribution is 8.00. The van der Waals surface area contributed by atoms with Crippen LogP contribution in [0.5, 0.6) is 0 Å². The van der Waals surface area contributed by atoms with Gasteiger partial charge in [0.15, 0.2) is 5.69 Å². The van der Waals surface area contributed by atoms with E-state index in [-0.39, 0.29) is 18.3 Å². The van der Waals surface area contributed by atoms with E-state index < -0.39 is 0 Å². The number of halogens is 1. The van der Waals surface area contributed by atoms with Gasteiger partial charge in [0.1, 0.15) is 0 Å². The van der Waals surface area contributed by atoms with E-state index in [4.69, 9.17) is 0 Å². The second-order valence-electron chi connectivity index (χ2n) is 7.26. The summed E-state index contributed by atoms with van der Waals surface area (Å²) >= 11 is 1.98. The number of hydrogen-bond donors (Lipinski definition) is 3. The highest BCUT2D eigenvalue weighted by Gasteiger charge is 2.22. The van der Waals surface area contributed by atoms with Gasteiger partial charge in [0.2, 0.25) is 0 Å². The molecule has 1 fully saturated rings. The summed E-state index contributed by atoms with van der Waals surface area (Å²) in [5.41, 5.74) is 4.54. The first-order valence-corrected chi connectivity index (χ1v) is 10.4. The lowest BCUT2D eigenvalue weighted by Gasteiger charge is -2.21. The standard InChI is InChI=1S/C20H26N4OS.ClH/c1-13-11-15(26-14-5-3-2-4-6-14)7-8-17(13)22-20(25)19-16-12-21-10-9-18(16)23-24-19;/h7-8,11,14,21H,2-6,9-10,12H2,1H3,(H,22,25)(H,23,24);1H. The Morgan fingerprint density at radius 1 is 1.26 bits per heavy atom. The van der Waals surface area contributed by atoms with E-state index in [9.17, 15) is 4.79 Å². The second-order valence-corrected chi connectivity index (χ2v) is 8.64. The van der Waals surface area contributed by atoms with Crippen molar-refractivity contribution in [2.75, 3.05) is 11.9 Å². The molecule has 1 aromatic heterocycles. The summed E-state index contributed by atoms with van der Waals surface area (Å²) in [4.78, 5) is 14.0. The van der Waals surface area contributed by atoms with Gasteiger partial charge in [0.25, 0.3) is 5.91 Å². The number of anilines is 1. The van der Waals surface area contributed by atoms with Crippen molar-refractivity contribution in [1.82, 2.24) is 15.5 Å². The summed E-state index contributed by atoms with van der Waals surface area (Å²) in [6.45, 7) is 3.68. The van der Waals surface area contributed by atoms with Crippen LogP contribution < -0.4 is 10.6 Å². The lowest BCUT2D eigenvalue weighted by molar-refractivity contribution is 0.102. The number of rotatable bonds is 4. The molecule has 1 saturated carbocycles. The Bertz CT molecular complexity index is 801. The number of H-pyrrole nitrogens is 1. The van der Waals surface area contributed by atoms with E-state index in [2.05, 4.69) is 39.9 Å². The number of aromatic nitrogens is 2. The van der Waals surface area contributed by atoms with Crippen molar-refractivity contribution in [3.05, 3.63) is 40.7 Å². The highest BCUT2D eigenvalue weighted by Crippen LogP contribution is 2.35. The van der Waals surface area contributed by atoms with Crippen LogP contribution in [0.1, 0.15) is 59.4 Å². The Hall–Kier alpha value is -1.50. The summed E-state index contributed by atoms with van der Waals surface area (Å²) in [5, 5.41) is 14.3. The SMILES string of the molecule is Cc1cc(SC2CCCCC2)ccc1NC(=O)c1n[nH]c2c1CNCC2.Cl. The van der Waals surface area contributed by atoms with Crippen LogP contribution in [-0.2, 0) is 13.0 Å². The van der Waals surface area contributed by atoms with Crippen LogP contribution in [-0.4, -0.2) is 27.9 Å². The normalized spacial score (nSPS) is 17.1. The van der Waals surface area contributed by atoms with Crippen molar-refractivity contribution >= 4 is 35.8 Å². The smallest absolute Gasteiger partial charge is 0.276 e. The number of nitrogens with zero attached hydrogens (tertiary/aromatic N) is 1. The monoisotopic (exact) mass is 406 g/mol. The van der Waals surface area contributed by atoms with Crippen molar-refractivity contribution in [1.29, 1.82) is 0 Å². The van der Waals surface area contributed by atoms with E-state index in [0.29, 0.717) is 12.2 Å². The highest BCUT2D eigenvalue weighted by atomic mass is 35.5. The fourth-order valence-corrected chi connectivity index (χ4v) is 5.17. The van der Waals surface area contributed by atoms with Crippen molar-refractivity contribution in [3.63, 3.8) is 0 Å². The van der Waals surface area contributed by atoms with Crippen molar-refractivity contribution < 1.29 is 4.79 Å². The Morgan fingerprint density at radius 3 is 2.85 bits per heavy atom. The number of carbonyl (C=O) groups excluding carboxylic acids is 1. The number of aromatic amines is 1. The third-order valence-electron chi connectivity index (χ3n) is 5.32. The maximum absolute atomic E-state index is 12.7. The summed E-state index contributed by atoms with van der Waals surface area (Å²) in [6, 6.07) is 6.34. The summed E-state index contributed by atoms with van der Waals surface area (Å²) in [6.07, 6.45) is 7.62. The number of benzene rings is 1. The number of amides is 1. The van der Waals surface area contributed by atoms with Crippen LogP contribution in [0, 0.1) is 6.92 Å². The van der Waals surface area contributed by atoms with Gasteiger partial charge in [-0.1, -0.05) is 19.3 Å². The zero-order valence-electron chi connectivity index (χ0n) is 15.6. The van der Waals surface area contributed by atoms with Crippen LogP contribution in [0.4, 0.5) is 5.69 Å². The van der Waals surface area contributed by atoms with Crippen LogP contribution >= 0.6 is 24.2 Å². The van der Waals surface area contributed by atoms with Crippen molar-refractivity contribution in [2.45, 2.75) is 62.1 Å². The molecule has 2 heterocycles. The lowest BCUT2D eigenvalue weighted by Crippen LogP contribution is -2.25. The van der Waals surface area contributed by atoms with Crippen LogP contribution in [0.25, 0.3) is 0 Å². The molecule has 5 nitrogen and oxygen atoms in total. The van der Waals surface area contributed by atoms with Crippen LogP contribution in [0.15, 0.2) is 23.1 Å². The Morgan fingerprint density at radius 2 is 2.07 bits per heavy atom. The Kier molecular flexibility index (Phi) is 6.84. The van der Waals surface area contributed by atoms with Crippen LogP contribution in [0.2, 0.25) is 0 Å². The number of fused-ring (bicyclic) bond motifs is 1. The second kappa shape index (κ2) is 9.13. The molecule has 1 aliphatic heterocycles. The molecule has 0 spiro atoms. The molecule has 27 heavy (non-hydrogen) atoms. The summed E-state index contributed by atoms with van der Waals surface area (Å²) < 4.78 is 0. The molecule has 1 amide bonds. The summed E-state index contributed by atoms with van der Waals surface area (Å²) in [5.74, 6) is -0.137. The van der Waals surface area contributed by atoms with Gasteiger partial charge in [-0.3, -0.25) is 9.89 Å². The first kappa shape index (κ1) is 20.2. The molecule has 0 radical (unpaired) electrons. The maximum Gasteiger partial charge on any atom is 0.276 e. The molecule has 0 unspecified atom stereocenters. The molecule has 2 aromatic rings. The average molecular weight is 407 g/mol. The van der Waals surface area contributed by atoms with E-state index >= 15 is 0 Å². The van der Waals surface area contributed by atoms with Gasteiger partial charge in [0.05, 0.1) is 0 Å². The zero-order valence-corrected chi connectivity index (χ0v) is 17.3. The number of thioether (sulfide) groups is 1. The number of aryl methyl sites for hydroxylation is 1. The largest absolute Gasteiger partial charge is 0.320 e. The van der Waals surface area contributed by atoms with E-state index in [1.807, 2.05) is 17.8 Å². The molecular formula is C20H27ClN4OS. The fourth-order valence-electron chi connectivity index (χ4n) is 3.82. The van der Waals surface area contributed by atoms with Crippen molar-refractivity contribution in [3.8, 4) is 0 Å². The molecule has 2 aliphatic rings. The third-order valence-corrected chi connectivity index (χ3v) is 6.65. The first-order chi connectivity index (χ1) is 12.7. The molecule has 3 N–H and O–H groups in total. The number of hydrogen-bond acceptors (Lipinski definition) is 4. The van der Waals surface area contributed by atoms with E-state index in [0.717, 1.165) is 40.7 Å². The first-order valence-electron chi connectivity index (χ1n) is 9.56. The van der Waals surface area contributed by atoms with Crippen molar-refractivity contribution in [2.24, 2.45) is 0 Å². The van der Waals surface area contributed by atoms with E-state index in [1.165, 1.54) is 37.0 Å². The predicted molar refractivity (Wildman–Crippen MR) is 113 cm³/mol. The molecule has 1 aliphatic carbocycles. The number of nitrogens with one attached hydrogen (secondary N) is 3. The molecule has 1 aromatic carbocycles. The number of carbonyl (C=O) groups is 1.